The summed E-state index contributed by atoms with van der Waals surface area (Å²) in [6.45, 7) is -0.0228. The van der Waals surface area contributed by atoms with Crippen molar-refractivity contribution in [3.05, 3.63) is 22.4 Å². The van der Waals surface area contributed by atoms with Gasteiger partial charge in [0.1, 0.15) is 0 Å². The zero-order valence-electron chi connectivity index (χ0n) is 11.7. The Bertz CT molecular complexity index is 529. The second-order valence-electron chi connectivity index (χ2n) is 5.25. The zero-order chi connectivity index (χ0) is 15.4. The first kappa shape index (κ1) is 15.5. The molecular weight excluding hydrogens is 292 g/mol. The van der Waals surface area contributed by atoms with Gasteiger partial charge in [-0.15, -0.1) is 11.3 Å². The predicted octanol–water partition coefficient (Wildman–Crippen LogP) is 1.19. The molecule has 1 heterocycles. The van der Waals surface area contributed by atoms with E-state index < -0.39 is 5.97 Å². The molecule has 6 nitrogen and oxygen atoms in total. The van der Waals surface area contributed by atoms with Gasteiger partial charge in [0.05, 0.1) is 17.3 Å². The highest BCUT2D eigenvalue weighted by atomic mass is 32.1. The van der Waals surface area contributed by atoms with E-state index >= 15 is 0 Å². The van der Waals surface area contributed by atoms with Crippen molar-refractivity contribution in [1.29, 1.82) is 0 Å². The van der Waals surface area contributed by atoms with E-state index in [1.165, 1.54) is 16.2 Å². The molecule has 1 aliphatic carbocycles. The summed E-state index contributed by atoms with van der Waals surface area (Å²) in [5.41, 5.74) is 0. The molecule has 114 valence electrons. The van der Waals surface area contributed by atoms with Crippen molar-refractivity contribution in [3.8, 4) is 0 Å². The van der Waals surface area contributed by atoms with Gasteiger partial charge >= 0.3 is 5.97 Å². The van der Waals surface area contributed by atoms with Crippen LogP contribution in [0.5, 0.6) is 0 Å². The number of carboxylic acids is 1. The number of likely N-dealkylation sites (N-methyl/N-ethyl adjacent to an activating group) is 1. The van der Waals surface area contributed by atoms with Crippen LogP contribution in [-0.4, -0.2) is 47.4 Å². The van der Waals surface area contributed by atoms with Crippen LogP contribution in [0.2, 0.25) is 0 Å². The van der Waals surface area contributed by atoms with Crippen LogP contribution in [0.1, 0.15) is 28.9 Å². The Balaban J connectivity index is 1.80. The number of hydrogen-bond donors (Lipinski definition) is 2. The van der Waals surface area contributed by atoms with Crippen LogP contribution < -0.4 is 5.32 Å². The van der Waals surface area contributed by atoms with Crippen LogP contribution in [0.15, 0.2) is 17.5 Å². The highest BCUT2D eigenvalue weighted by Gasteiger charge is 2.30. The number of nitrogens with one attached hydrogen (secondary N) is 1. The minimum atomic E-state index is -0.809. The quantitative estimate of drug-likeness (QED) is 0.855. The molecule has 0 aliphatic heterocycles. The average molecular weight is 310 g/mol. The standard InChI is InChI=1S/C14H18N2O4S/c1-16(13(18)11-3-2-6-21-11)8-12(17)15-10-5-4-9(7-10)14(19)20/h2-3,6,9-10H,4-5,7-8H2,1H3,(H,15,17)(H,19,20). The van der Waals surface area contributed by atoms with Crippen molar-refractivity contribution >= 4 is 29.1 Å². The Morgan fingerprint density at radius 3 is 2.76 bits per heavy atom. The number of carboxylic acid groups (broad SMARTS) is 1. The number of carbonyl (C=O) groups excluding carboxylic acids is 2. The molecule has 1 fully saturated rings. The summed E-state index contributed by atoms with van der Waals surface area (Å²) in [5, 5.41) is 13.5. The highest BCUT2D eigenvalue weighted by Crippen LogP contribution is 2.25. The van der Waals surface area contributed by atoms with E-state index in [2.05, 4.69) is 5.32 Å². The van der Waals surface area contributed by atoms with Gasteiger partial charge in [-0.2, -0.15) is 0 Å². The molecule has 2 N–H and O–H groups in total. The van der Waals surface area contributed by atoms with Gasteiger partial charge in [-0.1, -0.05) is 6.07 Å². The largest absolute Gasteiger partial charge is 0.481 e. The SMILES string of the molecule is CN(CC(=O)NC1CCC(C(=O)O)C1)C(=O)c1cccs1. The lowest BCUT2D eigenvalue weighted by Crippen LogP contribution is -2.42. The van der Waals surface area contributed by atoms with Crippen molar-refractivity contribution in [2.24, 2.45) is 5.92 Å². The summed E-state index contributed by atoms with van der Waals surface area (Å²) in [4.78, 5) is 36.7. The van der Waals surface area contributed by atoms with Crippen LogP contribution in [-0.2, 0) is 9.59 Å². The van der Waals surface area contributed by atoms with E-state index in [0.29, 0.717) is 24.1 Å². The van der Waals surface area contributed by atoms with Gasteiger partial charge in [0.2, 0.25) is 5.91 Å². The average Bonchev–Trinajstić information content (AvgIpc) is 3.08. The lowest BCUT2D eigenvalue weighted by Gasteiger charge is -2.18. The molecule has 0 aromatic carbocycles. The fourth-order valence-electron chi connectivity index (χ4n) is 2.49. The fourth-order valence-corrected chi connectivity index (χ4v) is 3.20. The Kier molecular flexibility index (Phi) is 4.95. The molecule has 0 saturated heterocycles. The second-order valence-corrected chi connectivity index (χ2v) is 6.20. The van der Waals surface area contributed by atoms with Crippen molar-refractivity contribution in [2.45, 2.75) is 25.3 Å². The molecule has 1 aromatic rings. The molecule has 1 aromatic heterocycles. The van der Waals surface area contributed by atoms with Gasteiger partial charge in [-0.05, 0) is 30.7 Å². The molecule has 7 heteroatoms. The first-order chi connectivity index (χ1) is 9.97. The molecule has 2 amide bonds. The first-order valence-electron chi connectivity index (χ1n) is 6.78. The maximum absolute atomic E-state index is 12.0. The molecule has 2 unspecified atom stereocenters. The Morgan fingerprint density at radius 1 is 1.43 bits per heavy atom. The smallest absolute Gasteiger partial charge is 0.306 e. The second kappa shape index (κ2) is 6.71. The number of aliphatic carboxylic acids is 1. The summed E-state index contributed by atoms with van der Waals surface area (Å²) in [6, 6.07) is 3.40. The minimum Gasteiger partial charge on any atom is -0.481 e. The molecule has 21 heavy (non-hydrogen) atoms. The van der Waals surface area contributed by atoms with Gasteiger partial charge in [0.25, 0.3) is 5.91 Å². The number of rotatable bonds is 5. The lowest BCUT2D eigenvalue weighted by atomic mass is 10.1. The molecule has 0 bridgehead atoms. The summed E-state index contributed by atoms with van der Waals surface area (Å²) in [6.07, 6.45) is 1.72. The molecule has 2 rings (SSSR count). The normalized spacial score (nSPS) is 21.0. The van der Waals surface area contributed by atoms with Crippen molar-refractivity contribution < 1.29 is 19.5 Å². The minimum absolute atomic E-state index is 0.0228. The molecule has 0 radical (unpaired) electrons. The third-order valence-corrected chi connectivity index (χ3v) is 4.46. The maximum atomic E-state index is 12.0. The van der Waals surface area contributed by atoms with Crippen LogP contribution >= 0.6 is 11.3 Å². The van der Waals surface area contributed by atoms with Crippen LogP contribution in [0.3, 0.4) is 0 Å². The van der Waals surface area contributed by atoms with Crippen molar-refractivity contribution in [2.75, 3.05) is 13.6 Å². The predicted molar refractivity (Wildman–Crippen MR) is 78.2 cm³/mol. The topological polar surface area (TPSA) is 86.7 Å². The highest BCUT2D eigenvalue weighted by molar-refractivity contribution is 7.12. The van der Waals surface area contributed by atoms with Crippen LogP contribution in [0, 0.1) is 5.92 Å². The molecule has 2 atom stereocenters. The number of thiophene rings is 1. The number of nitrogens with zero attached hydrogens (tertiary/aromatic N) is 1. The van der Waals surface area contributed by atoms with Crippen molar-refractivity contribution in [1.82, 2.24) is 10.2 Å². The summed E-state index contributed by atoms with van der Waals surface area (Å²) in [5.74, 6) is -1.62. The van der Waals surface area contributed by atoms with Crippen molar-refractivity contribution in [3.63, 3.8) is 0 Å². The first-order valence-corrected chi connectivity index (χ1v) is 7.66. The van der Waals surface area contributed by atoms with E-state index in [9.17, 15) is 14.4 Å². The third kappa shape index (κ3) is 4.04. The van der Waals surface area contributed by atoms with E-state index in [4.69, 9.17) is 5.11 Å². The molecular formula is C14H18N2O4S. The molecule has 0 spiro atoms. The van der Waals surface area contributed by atoms with Gasteiger partial charge in [0, 0.05) is 13.1 Å². The van der Waals surface area contributed by atoms with E-state index in [1.807, 2.05) is 5.38 Å². The molecule has 1 saturated carbocycles. The fraction of sp³-hybridized carbons (Fsp3) is 0.500. The number of carbonyl (C=O) groups is 3. The summed E-state index contributed by atoms with van der Waals surface area (Å²) < 4.78 is 0. The maximum Gasteiger partial charge on any atom is 0.306 e. The van der Waals surface area contributed by atoms with E-state index in [0.717, 1.165) is 0 Å². The monoisotopic (exact) mass is 310 g/mol. The van der Waals surface area contributed by atoms with E-state index in [1.54, 1.807) is 19.2 Å². The zero-order valence-corrected chi connectivity index (χ0v) is 12.6. The van der Waals surface area contributed by atoms with Crippen LogP contribution in [0.25, 0.3) is 0 Å². The lowest BCUT2D eigenvalue weighted by molar-refractivity contribution is -0.141. The van der Waals surface area contributed by atoms with Crippen LogP contribution in [0.4, 0.5) is 0 Å². The number of hydrogen-bond acceptors (Lipinski definition) is 4. The summed E-state index contributed by atoms with van der Waals surface area (Å²) in [7, 11) is 1.58. The Labute approximate surface area is 126 Å². The number of amides is 2. The third-order valence-electron chi connectivity index (χ3n) is 3.61. The van der Waals surface area contributed by atoms with Gasteiger partial charge in [-0.25, -0.2) is 0 Å². The molecule has 1 aliphatic rings. The summed E-state index contributed by atoms with van der Waals surface area (Å²) >= 11 is 1.33. The van der Waals surface area contributed by atoms with Gasteiger partial charge in [0.15, 0.2) is 0 Å². The van der Waals surface area contributed by atoms with Gasteiger partial charge < -0.3 is 15.3 Å². The Hall–Kier alpha value is -1.89. The Morgan fingerprint density at radius 2 is 2.19 bits per heavy atom. The van der Waals surface area contributed by atoms with E-state index in [-0.39, 0.29) is 30.3 Å². The van der Waals surface area contributed by atoms with Gasteiger partial charge in [-0.3, -0.25) is 14.4 Å².